The molecule has 0 amide bonds. The van der Waals surface area contributed by atoms with E-state index in [1.807, 2.05) is 27.7 Å². The second-order valence-electron chi connectivity index (χ2n) is 4.52. The molecule has 0 fully saturated rings. The molecule has 0 atom stereocenters. The van der Waals surface area contributed by atoms with Crippen molar-refractivity contribution >= 4 is 11.9 Å². The summed E-state index contributed by atoms with van der Waals surface area (Å²) in [6, 6.07) is 0. The average Bonchev–Trinajstić information content (AvgIpc) is 2.33. The lowest BCUT2D eigenvalue weighted by Gasteiger charge is -2.08. The van der Waals surface area contributed by atoms with Crippen LogP contribution in [0.4, 0.5) is 0 Å². The van der Waals surface area contributed by atoms with Gasteiger partial charge in [-0.2, -0.15) is 0 Å². The summed E-state index contributed by atoms with van der Waals surface area (Å²) in [4.78, 5) is 23.5. The van der Waals surface area contributed by atoms with Crippen LogP contribution in [0.2, 0.25) is 0 Å². The molecule has 0 saturated heterocycles. The van der Waals surface area contributed by atoms with Gasteiger partial charge in [0.2, 0.25) is 0 Å². The summed E-state index contributed by atoms with van der Waals surface area (Å²) >= 11 is 0. The van der Waals surface area contributed by atoms with Gasteiger partial charge in [0.25, 0.3) is 0 Å². The lowest BCUT2D eigenvalue weighted by Crippen LogP contribution is -2.19. The standard InChI is InChI=1S/C14H24O4/c1-5-9-17-13(15)12(8-7-11(3)4)14(16)18-10-6-2/h8,11H,5-7,9-10H2,1-4H3. The molecule has 0 aliphatic carbocycles. The van der Waals surface area contributed by atoms with Crippen molar-refractivity contribution < 1.29 is 19.1 Å². The van der Waals surface area contributed by atoms with E-state index >= 15 is 0 Å². The van der Waals surface area contributed by atoms with Crippen molar-refractivity contribution in [3.8, 4) is 0 Å². The van der Waals surface area contributed by atoms with Crippen LogP contribution in [0.25, 0.3) is 0 Å². The molecule has 0 aliphatic rings. The number of ether oxygens (including phenoxy) is 2. The highest BCUT2D eigenvalue weighted by Crippen LogP contribution is 2.09. The molecule has 0 radical (unpaired) electrons. The summed E-state index contributed by atoms with van der Waals surface area (Å²) in [5.41, 5.74) is 0.0191. The van der Waals surface area contributed by atoms with Gasteiger partial charge in [-0.3, -0.25) is 0 Å². The summed E-state index contributed by atoms with van der Waals surface area (Å²) in [6.45, 7) is 8.48. The van der Waals surface area contributed by atoms with Crippen LogP contribution in [0.5, 0.6) is 0 Å². The van der Waals surface area contributed by atoms with E-state index in [1.54, 1.807) is 6.08 Å². The first-order valence-corrected chi connectivity index (χ1v) is 6.57. The summed E-state index contributed by atoms with van der Waals surface area (Å²) < 4.78 is 9.96. The molecule has 0 aromatic heterocycles. The third kappa shape index (κ3) is 7.09. The minimum Gasteiger partial charge on any atom is -0.462 e. The Hall–Kier alpha value is -1.32. The van der Waals surface area contributed by atoms with Gasteiger partial charge in [-0.1, -0.05) is 33.8 Å². The van der Waals surface area contributed by atoms with Crippen molar-refractivity contribution in [3.63, 3.8) is 0 Å². The van der Waals surface area contributed by atoms with Gasteiger partial charge in [0.1, 0.15) is 5.57 Å². The molecule has 0 aliphatic heterocycles. The predicted molar refractivity (Wildman–Crippen MR) is 70.0 cm³/mol. The Balaban J connectivity index is 4.65. The van der Waals surface area contributed by atoms with E-state index in [2.05, 4.69) is 0 Å². The highest BCUT2D eigenvalue weighted by Gasteiger charge is 2.20. The van der Waals surface area contributed by atoms with Crippen molar-refractivity contribution in [2.45, 2.75) is 47.0 Å². The van der Waals surface area contributed by atoms with Crippen molar-refractivity contribution in [2.24, 2.45) is 5.92 Å². The minimum absolute atomic E-state index is 0.0191. The summed E-state index contributed by atoms with van der Waals surface area (Å²) in [5.74, 6) is -0.796. The maximum absolute atomic E-state index is 11.7. The highest BCUT2D eigenvalue weighted by molar-refractivity contribution is 6.14. The molecule has 4 heteroatoms. The van der Waals surface area contributed by atoms with Gasteiger partial charge >= 0.3 is 11.9 Å². The zero-order valence-corrected chi connectivity index (χ0v) is 11.8. The van der Waals surface area contributed by atoms with E-state index in [1.165, 1.54) is 0 Å². The largest absolute Gasteiger partial charge is 0.462 e. The zero-order chi connectivity index (χ0) is 14.0. The second-order valence-corrected chi connectivity index (χ2v) is 4.52. The van der Waals surface area contributed by atoms with Crippen LogP contribution in [-0.2, 0) is 19.1 Å². The average molecular weight is 256 g/mol. The summed E-state index contributed by atoms with van der Waals surface area (Å²) in [6.07, 6.45) is 3.72. The Labute approximate surface area is 109 Å². The van der Waals surface area contributed by atoms with Gasteiger partial charge in [0.05, 0.1) is 13.2 Å². The van der Waals surface area contributed by atoms with Crippen molar-refractivity contribution in [2.75, 3.05) is 13.2 Å². The molecule has 0 rings (SSSR count). The van der Waals surface area contributed by atoms with Gasteiger partial charge in [0, 0.05) is 0 Å². The highest BCUT2D eigenvalue weighted by atomic mass is 16.6. The number of hydrogen-bond donors (Lipinski definition) is 0. The number of esters is 2. The molecule has 0 aromatic carbocycles. The van der Waals surface area contributed by atoms with Crippen LogP contribution in [0.15, 0.2) is 11.6 Å². The number of rotatable bonds is 8. The van der Waals surface area contributed by atoms with E-state index in [-0.39, 0.29) is 5.57 Å². The first-order valence-electron chi connectivity index (χ1n) is 6.57. The second kappa shape index (κ2) is 9.68. The molecule has 0 unspecified atom stereocenters. The Morgan fingerprint density at radius 2 is 1.44 bits per heavy atom. The topological polar surface area (TPSA) is 52.6 Å². The first kappa shape index (κ1) is 16.7. The van der Waals surface area contributed by atoms with E-state index in [0.717, 1.165) is 12.8 Å². The molecule has 0 saturated carbocycles. The SMILES string of the molecule is CCCOC(=O)C(=CCC(C)C)C(=O)OCCC. The van der Waals surface area contributed by atoms with E-state index in [0.29, 0.717) is 25.6 Å². The predicted octanol–water partition coefficient (Wildman–Crippen LogP) is 2.87. The molecule has 4 nitrogen and oxygen atoms in total. The molecular formula is C14H24O4. The Bertz CT molecular complexity index is 270. The van der Waals surface area contributed by atoms with E-state index in [4.69, 9.17) is 9.47 Å². The van der Waals surface area contributed by atoms with E-state index in [9.17, 15) is 9.59 Å². The van der Waals surface area contributed by atoms with Crippen molar-refractivity contribution in [1.29, 1.82) is 0 Å². The quantitative estimate of drug-likeness (QED) is 0.290. The molecule has 0 spiro atoms. The molecule has 0 N–H and O–H groups in total. The van der Waals surface area contributed by atoms with Crippen LogP contribution in [-0.4, -0.2) is 25.2 Å². The van der Waals surface area contributed by atoms with Gasteiger partial charge in [-0.05, 0) is 25.2 Å². The van der Waals surface area contributed by atoms with Gasteiger partial charge in [-0.15, -0.1) is 0 Å². The molecular weight excluding hydrogens is 232 g/mol. The van der Waals surface area contributed by atoms with Crippen LogP contribution in [0, 0.1) is 5.92 Å². The van der Waals surface area contributed by atoms with Gasteiger partial charge in [-0.25, -0.2) is 9.59 Å². The summed E-state index contributed by atoms with van der Waals surface area (Å²) in [7, 11) is 0. The van der Waals surface area contributed by atoms with Gasteiger partial charge in [0.15, 0.2) is 0 Å². The van der Waals surface area contributed by atoms with E-state index < -0.39 is 11.9 Å². The lowest BCUT2D eigenvalue weighted by molar-refractivity contribution is -0.147. The monoisotopic (exact) mass is 256 g/mol. The smallest absolute Gasteiger partial charge is 0.345 e. The Morgan fingerprint density at radius 3 is 1.78 bits per heavy atom. The Morgan fingerprint density at radius 1 is 1.00 bits per heavy atom. The zero-order valence-electron chi connectivity index (χ0n) is 11.8. The van der Waals surface area contributed by atoms with Crippen LogP contribution in [0.3, 0.4) is 0 Å². The van der Waals surface area contributed by atoms with Crippen LogP contribution < -0.4 is 0 Å². The number of allylic oxidation sites excluding steroid dienone is 1. The van der Waals surface area contributed by atoms with Crippen molar-refractivity contribution in [3.05, 3.63) is 11.6 Å². The fraction of sp³-hybridized carbons (Fsp3) is 0.714. The van der Waals surface area contributed by atoms with Crippen LogP contribution in [0.1, 0.15) is 47.0 Å². The first-order chi connectivity index (χ1) is 8.52. The normalized spacial score (nSPS) is 10.1. The third-order valence-corrected chi connectivity index (χ3v) is 2.11. The fourth-order valence-corrected chi connectivity index (χ4v) is 1.15. The third-order valence-electron chi connectivity index (χ3n) is 2.11. The maximum Gasteiger partial charge on any atom is 0.345 e. The number of carbonyl (C=O) groups is 2. The van der Waals surface area contributed by atoms with Gasteiger partial charge < -0.3 is 9.47 Å². The molecule has 0 heterocycles. The minimum atomic E-state index is -0.585. The Kier molecular flexibility index (Phi) is 8.97. The fourth-order valence-electron chi connectivity index (χ4n) is 1.15. The van der Waals surface area contributed by atoms with Crippen LogP contribution >= 0.6 is 0 Å². The number of carbonyl (C=O) groups excluding carboxylic acids is 2. The molecule has 0 bridgehead atoms. The molecule has 18 heavy (non-hydrogen) atoms. The summed E-state index contributed by atoms with van der Waals surface area (Å²) in [5, 5.41) is 0. The molecule has 0 aromatic rings. The maximum atomic E-state index is 11.7. The van der Waals surface area contributed by atoms with Crippen molar-refractivity contribution in [1.82, 2.24) is 0 Å². The lowest BCUT2D eigenvalue weighted by atomic mass is 10.1. The molecule has 104 valence electrons. The number of hydrogen-bond acceptors (Lipinski definition) is 4.